The number of rotatable bonds is 5. The Hall–Kier alpha value is -2.70. The number of amides is 1. The maximum atomic E-state index is 10.5. The van der Waals surface area contributed by atoms with E-state index in [9.17, 15) is 4.79 Å². The Labute approximate surface area is 121 Å². The van der Waals surface area contributed by atoms with Gasteiger partial charge in [0, 0.05) is 12.0 Å². The number of carbonyl (C=O) groups is 1. The maximum Gasteiger partial charge on any atom is 0.207 e. The summed E-state index contributed by atoms with van der Waals surface area (Å²) in [6.07, 6.45) is 2.17. The number of carbonyl (C=O) groups excluding carboxylic acids is 1. The Morgan fingerprint density at radius 1 is 1.33 bits per heavy atom. The van der Waals surface area contributed by atoms with Crippen molar-refractivity contribution in [1.29, 1.82) is 0 Å². The molecule has 21 heavy (non-hydrogen) atoms. The van der Waals surface area contributed by atoms with Gasteiger partial charge >= 0.3 is 0 Å². The quantitative estimate of drug-likeness (QED) is 0.616. The summed E-state index contributed by atoms with van der Waals surface area (Å²) < 4.78 is 0. The van der Waals surface area contributed by atoms with E-state index in [1.54, 1.807) is 0 Å². The summed E-state index contributed by atoms with van der Waals surface area (Å²) in [4.78, 5) is 22.3. The van der Waals surface area contributed by atoms with Gasteiger partial charge in [0.1, 0.15) is 6.33 Å². The zero-order valence-corrected chi connectivity index (χ0v) is 11.8. The molecule has 108 valence electrons. The SMILES string of the molecule is CC(C)(CNC=O)c1ccc2nc(-c3ncn[nH]3)[nH]c2c1. The third kappa shape index (κ3) is 2.49. The number of aromatic nitrogens is 5. The molecule has 7 nitrogen and oxygen atoms in total. The Kier molecular flexibility index (Phi) is 3.17. The molecule has 0 atom stereocenters. The van der Waals surface area contributed by atoms with Crippen LogP contribution in [0.4, 0.5) is 0 Å². The molecule has 0 aliphatic carbocycles. The molecule has 2 aromatic heterocycles. The fourth-order valence-corrected chi connectivity index (χ4v) is 2.26. The Morgan fingerprint density at radius 3 is 2.90 bits per heavy atom. The molecule has 0 saturated heterocycles. The Morgan fingerprint density at radius 2 is 2.19 bits per heavy atom. The molecule has 1 aromatic carbocycles. The van der Waals surface area contributed by atoms with Gasteiger partial charge in [-0.3, -0.25) is 9.89 Å². The average molecular weight is 284 g/mol. The molecular weight excluding hydrogens is 268 g/mol. The summed E-state index contributed by atoms with van der Waals surface area (Å²) >= 11 is 0. The molecule has 0 unspecified atom stereocenters. The van der Waals surface area contributed by atoms with Gasteiger partial charge in [-0.25, -0.2) is 9.97 Å². The number of nitrogens with one attached hydrogen (secondary N) is 3. The van der Waals surface area contributed by atoms with Gasteiger partial charge in [0.25, 0.3) is 0 Å². The molecule has 3 aromatic rings. The number of hydrogen-bond donors (Lipinski definition) is 3. The van der Waals surface area contributed by atoms with Crippen LogP contribution in [0.5, 0.6) is 0 Å². The van der Waals surface area contributed by atoms with E-state index >= 15 is 0 Å². The first-order valence-corrected chi connectivity index (χ1v) is 6.63. The van der Waals surface area contributed by atoms with Gasteiger partial charge in [0.05, 0.1) is 11.0 Å². The fourth-order valence-electron chi connectivity index (χ4n) is 2.26. The molecule has 3 rings (SSSR count). The normalized spacial score (nSPS) is 11.7. The van der Waals surface area contributed by atoms with Crippen molar-refractivity contribution in [3.8, 4) is 11.6 Å². The topological polar surface area (TPSA) is 99.3 Å². The molecule has 0 radical (unpaired) electrons. The lowest BCUT2D eigenvalue weighted by molar-refractivity contribution is -0.109. The van der Waals surface area contributed by atoms with Gasteiger partial charge in [0.2, 0.25) is 6.41 Å². The van der Waals surface area contributed by atoms with Crippen LogP contribution in [-0.4, -0.2) is 38.1 Å². The summed E-state index contributed by atoms with van der Waals surface area (Å²) in [6, 6.07) is 6.04. The molecule has 3 N–H and O–H groups in total. The van der Waals surface area contributed by atoms with Crippen LogP contribution in [-0.2, 0) is 10.2 Å². The lowest BCUT2D eigenvalue weighted by atomic mass is 9.84. The minimum atomic E-state index is -0.160. The van der Waals surface area contributed by atoms with Crippen LogP contribution in [0.3, 0.4) is 0 Å². The van der Waals surface area contributed by atoms with Crippen molar-refractivity contribution in [2.45, 2.75) is 19.3 Å². The van der Waals surface area contributed by atoms with Crippen LogP contribution < -0.4 is 5.32 Å². The van der Waals surface area contributed by atoms with E-state index in [1.807, 2.05) is 12.1 Å². The molecule has 0 aliphatic heterocycles. The minimum Gasteiger partial charge on any atom is -0.358 e. The average Bonchev–Trinajstić information content (AvgIpc) is 3.12. The second-order valence-corrected chi connectivity index (χ2v) is 5.53. The van der Waals surface area contributed by atoms with Crippen molar-refractivity contribution in [2.75, 3.05) is 6.54 Å². The van der Waals surface area contributed by atoms with Crippen molar-refractivity contribution < 1.29 is 4.79 Å². The fraction of sp³-hybridized carbons (Fsp3) is 0.286. The number of hydrogen-bond acceptors (Lipinski definition) is 4. The highest BCUT2D eigenvalue weighted by Crippen LogP contribution is 2.26. The van der Waals surface area contributed by atoms with E-state index in [4.69, 9.17) is 0 Å². The molecule has 0 fully saturated rings. The van der Waals surface area contributed by atoms with Crippen molar-refractivity contribution in [3.63, 3.8) is 0 Å². The van der Waals surface area contributed by atoms with Crippen LogP contribution in [0.2, 0.25) is 0 Å². The third-order valence-corrected chi connectivity index (χ3v) is 3.53. The van der Waals surface area contributed by atoms with Crippen molar-refractivity contribution in [2.24, 2.45) is 0 Å². The smallest absolute Gasteiger partial charge is 0.207 e. The molecule has 0 aliphatic rings. The number of H-pyrrole nitrogens is 2. The van der Waals surface area contributed by atoms with Crippen molar-refractivity contribution in [1.82, 2.24) is 30.5 Å². The minimum absolute atomic E-state index is 0.160. The summed E-state index contributed by atoms with van der Waals surface area (Å²) in [7, 11) is 0. The first kappa shape index (κ1) is 13.3. The number of aromatic amines is 2. The van der Waals surface area contributed by atoms with Gasteiger partial charge < -0.3 is 10.3 Å². The second kappa shape index (κ2) is 5.01. The third-order valence-electron chi connectivity index (χ3n) is 3.53. The number of imidazole rings is 1. The lowest BCUT2D eigenvalue weighted by Crippen LogP contribution is -2.32. The van der Waals surface area contributed by atoms with Gasteiger partial charge in [-0.15, -0.1) is 0 Å². The second-order valence-electron chi connectivity index (χ2n) is 5.53. The largest absolute Gasteiger partial charge is 0.358 e. The zero-order chi connectivity index (χ0) is 14.9. The highest BCUT2D eigenvalue weighted by Gasteiger charge is 2.21. The number of benzene rings is 1. The summed E-state index contributed by atoms with van der Waals surface area (Å²) in [5, 5.41) is 9.34. The van der Waals surface area contributed by atoms with Gasteiger partial charge in [-0.05, 0) is 17.7 Å². The maximum absolute atomic E-state index is 10.5. The predicted molar refractivity (Wildman–Crippen MR) is 78.6 cm³/mol. The van der Waals surface area contributed by atoms with Gasteiger partial charge in [-0.1, -0.05) is 19.9 Å². The Bertz CT molecular complexity index is 759. The highest BCUT2D eigenvalue weighted by atomic mass is 16.1. The number of nitrogens with zero attached hydrogens (tertiary/aromatic N) is 3. The molecule has 0 saturated carbocycles. The Balaban J connectivity index is 1.98. The zero-order valence-electron chi connectivity index (χ0n) is 11.8. The van der Waals surface area contributed by atoms with E-state index in [-0.39, 0.29) is 5.41 Å². The first-order chi connectivity index (χ1) is 10.1. The van der Waals surface area contributed by atoms with E-state index in [2.05, 4.69) is 50.4 Å². The standard InChI is InChI=1S/C14H16N6O/c1-14(2,6-15-8-21)9-3-4-10-11(5-9)19-13(18-10)12-16-7-17-20-12/h3-5,7-8H,6H2,1-2H3,(H,15,21)(H,18,19)(H,16,17,20). The lowest BCUT2D eigenvalue weighted by Gasteiger charge is -2.24. The van der Waals surface area contributed by atoms with E-state index < -0.39 is 0 Å². The van der Waals surface area contributed by atoms with E-state index in [0.29, 0.717) is 18.2 Å². The van der Waals surface area contributed by atoms with Crippen LogP contribution in [0.25, 0.3) is 22.7 Å². The molecule has 2 heterocycles. The summed E-state index contributed by atoms with van der Waals surface area (Å²) in [5.41, 5.74) is 2.76. The van der Waals surface area contributed by atoms with Crippen LogP contribution in [0.15, 0.2) is 24.5 Å². The van der Waals surface area contributed by atoms with Crippen LogP contribution in [0, 0.1) is 0 Å². The summed E-state index contributed by atoms with van der Waals surface area (Å²) in [5.74, 6) is 1.26. The molecule has 7 heteroatoms. The number of fused-ring (bicyclic) bond motifs is 1. The van der Waals surface area contributed by atoms with Crippen LogP contribution in [0.1, 0.15) is 19.4 Å². The van der Waals surface area contributed by atoms with Gasteiger partial charge in [-0.2, -0.15) is 5.10 Å². The van der Waals surface area contributed by atoms with Crippen molar-refractivity contribution in [3.05, 3.63) is 30.1 Å². The van der Waals surface area contributed by atoms with E-state index in [1.165, 1.54) is 6.33 Å². The van der Waals surface area contributed by atoms with E-state index in [0.717, 1.165) is 23.0 Å². The van der Waals surface area contributed by atoms with Crippen LogP contribution >= 0.6 is 0 Å². The first-order valence-electron chi connectivity index (χ1n) is 6.63. The molecule has 1 amide bonds. The molecule has 0 spiro atoms. The van der Waals surface area contributed by atoms with Gasteiger partial charge in [0.15, 0.2) is 11.6 Å². The molecule has 0 bridgehead atoms. The van der Waals surface area contributed by atoms with Crippen molar-refractivity contribution >= 4 is 17.4 Å². The highest BCUT2D eigenvalue weighted by molar-refractivity contribution is 5.79. The monoisotopic (exact) mass is 284 g/mol. The predicted octanol–water partition coefficient (Wildman–Crippen LogP) is 1.37. The summed E-state index contributed by atoms with van der Waals surface area (Å²) in [6.45, 7) is 4.74. The molecular formula is C14H16N6O.